The molecule has 0 aliphatic rings. The molecule has 0 amide bonds. The number of ether oxygens (including phenoxy) is 1. The minimum atomic E-state index is 0.0375. The molecular formula is C13H15N3O. The second kappa shape index (κ2) is 5.41. The zero-order chi connectivity index (χ0) is 12.1. The van der Waals surface area contributed by atoms with Crippen LogP contribution in [0.4, 0.5) is 5.82 Å². The van der Waals surface area contributed by atoms with E-state index in [9.17, 15) is 0 Å². The lowest BCUT2D eigenvalue weighted by Gasteiger charge is -2.12. The van der Waals surface area contributed by atoms with Crippen molar-refractivity contribution >= 4 is 5.82 Å². The number of anilines is 1. The summed E-state index contributed by atoms with van der Waals surface area (Å²) in [5.41, 5.74) is 7.39. The third kappa shape index (κ3) is 3.26. The molecule has 1 aromatic carbocycles. The molecule has 0 bridgehead atoms. The Morgan fingerprint density at radius 2 is 1.94 bits per heavy atom. The van der Waals surface area contributed by atoms with Gasteiger partial charge in [0.1, 0.15) is 5.82 Å². The zero-order valence-electron chi connectivity index (χ0n) is 9.71. The van der Waals surface area contributed by atoms with Crippen molar-refractivity contribution in [2.24, 2.45) is 0 Å². The lowest BCUT2D eigenvalue weighted by atomic mass is 10.1. The van der Waals surface area contributed by atoms with Crippen LogP contribution in [0.2, 0.25) is 0 Å². The van der Waals surface area contributed by atoms with Crippen LogP contribution in [0, 0.1) is 0 Å². The number of aromatic nitrogens is 2. The van der Waals surface area contributed by atoms with Crippen molar-refractivity contribution in [3.05, 3.63) is 54.0 Å². The molecule has 1 atom stereocenters. The van der Waals surface area contributed by atoms with Crippen LogP contribution in [0.5, 0.6) is 0 Å². The van der Waals surface area contributed by atoms with Gasteiger partial charge in [-0.25, -0.2) is 4.98 Å². The van der Waals surface area contributed by atoms with Gasteiger partial charge in [0.15, 0.2) is 0 Å². The SMILES string of the molecule is CC(OCc1cnc(N)cn1)c1ccccc1. The topological polar surface area (TPSA) is 61.0 Å². The fourth-order valence-electron chi connectivity index (χ4n) is 1.47. The second-order valence-corrected chi connectivity index (χ2v) is 3.80. The fraction of sp³-hybridized carbons (Fsp3) is 0.231. The maximum atomic E-state index is 5.71. The number of hydrogen-bond donors (Lipinski definition) is 1. The van der Waals surface area contributed by atoms with Gasteiger partial charge in [-0.15, -0.1) is 0 Å². The van der Waals surface area contributed by atoms with E-state index in [4.69, 9.17) is 10.5 Å². The number of nitrogens with zero attached hydrogens (tertiary/aromatic N) is 2. The molecule has 0 spiro atoms. The van der Waals surface area contributed by atoms with Crippen molar-refractivity contribution in [1.82, 2.24) is 9.97 Å². The van der Waals surface area contributed by atoms with Gasteiger partial charge in [0.05, 0.1) is 30.8 Å². The monoisotopic (exact) mass is 229 g/mol. The Balaban J connectivity index is 1.92. The Bertz CT molecular complexity index is 456. The summed E-state index contributed by atoms with van der Waals surface area (Å²) in [6.07, 6.45) is 3.20. The summed E-state index contributed by atoms with van der Waals surface area (Å²) in [7, 11) is 0. The van der Waals surface area contributed by atoms with Crippen LogP contribution in [0.25, 0.3) is 0 Å². The summed E-state index contributed by atoms with van der Waals surface area (Å²) in [6, 6.07) is 10.1. The third-order valence-corrected chi connectivity index (χ3v) is 2.48. The molecule has 2 N–H and O–H groups in total. The van der Waals surface area contributed by atoms with Gasteiger partial charge in [0.25, 0.3) is 0 Å². The van der Waals surface area contributed by atoms with Crippen molar-refractivity contribution in [2.75, 3.05) is 5.73 Å². The summed E-state index contributed by atoms with van der Waals surface area (Å²) >= 11 is 0. The average Bonchev–Trinajstić information content (AvgIpc) is 2.39. The number of rotatable bonds is 4. The summed E-state index contributed by atoms with van der Waals surface area (Å²) in [4.78, 5) is 8.10. The number of nitrogen functional groups attached to an aromatic ring is 1. The van der Waals surface area contributed by atoms with Crippen molar-refractivity contribution in [3.8, 4) is 0 Å². The maximum Gasteiger partial charge on any atom is 0.141 e. The predicted octanol–water partition coefficient (Wildman–Crippen LogP) is 2.34. The van der Waals surface area contributed by atoms with E-state index in [2.05, 4.69) is 9.97 Å². The molecule has 1 heterocycles. The normalized spacial score (nSPS) is 12.3. The van der Waals surface area contributed by atoms with Crippen molar-refractivity contribution in [2.45, 2.75) is 19.6 Å². The summed E-state index contributed by atoms with van der Waals surface area (Å²) in [6.45, 7) is 2.45. The first-order valence-corrected chi connectivity index (χ1v) is 5.48. The average molecular weight is 229 g/mol. The van der Waals surface area contributed by atoms with Crippen LogP contribution >= 0.6 is 0 Å². The second-order valence-electron chi connectivity index (χ2n) is 3.80. The van der Waals surface area contributed by atoms with E-state index in [1.165, 1.54) is 6.20 Å². The highest BCUT2D eigenvalue weighted by Crippen LogP contribution is 2.17. The van der Waals surface area contributed by atoms with Crippen LogP contribution in [0.3, 0.4) is 0 Å². The molecular weight excluding hydrogens is 214 g/mol. The van der Waals surface area contributed by atoms with Crippen LogP contribution in [-0.4, -0.2) is 9.97 Å². The van der Waals surface area contributed by atoms with E-state index in [0.717, 1.165) is 11.3 Å². The van der Waals surface area contributed by atoms with E-state index in [1.54, 1.807) is 6.20 Å². The Kier molecular flexibility index (Phi) is 3.67. The van der Waals surface area contributed by atoms with Gasteiger partial charge in [0.2, 0.25) is 0 Å². The highest BCUT2D eigenvalue weighted by atomic mass is 16.5. The van der Waals surface area contributed by atoms with Crippen LogP contribution in [0.1, 0.15) is 24.3 Å². The molecule has 2 rings (SSSR count). The van der Waals surface area contributed by atoms with E-state index in [1.807, 2.05) is 37.3 Å². The largest absolute Gasteiger partial charge is 0.382 e. The fourth-order valence-corrected chi connectivity index (χ4v) is 1.47. The Hall–Kier alpha value is -1.94. The van der Waals surface area contributed by atoms with Gasteiger partial charge in [-0.3, -0.25) is 4.98 Å². The van der Waals surface area contributed by atoms with E-state index < -0.39 is 0 Å². The predicted molar refractivity (Wildman–Crippen MR) is 66.1 cm³/mol. The molecule has 1 aromatic heterocycles. The molecule has 0 aliphatic carbocycles. The van der Waals surface area contributed by atoms with Crippen LogP contribution in [-0.2, 0) is 11.3 Å². The minimum absolute atomic E-state index is 0.0375. The van der Waals surface area contributed by atoms with Gasteiger partial charge < -0.3 is 10.5 Å². The molecule has 0 fully saturated rings. The molecule has 0 radical (unpaired) electrons. The highest BCUT2D eigenvalue weighted by molar-refractivity contribution is 5.22. The summed E-state index contributed by atoms with van der Waals surface area (Å²) in [5, 5.41) is 0. The molecule has 4 heteroatoms. The third-order valence-electron chi connectivity index (χ3n) is 2.48. The van der Waals surface area contributed by atoms with E-state index in [0.29, 0.717) is 12.4 Å². The first-order valence-electron chi connectivity index (χ1n) is 5.48. The van der Waals surface area contributed by atoms with Crippen LogP contribution < -0.4 is 5.73 Å². The molecule has 17 heavy (non-hydrogen) atoms. The van der Waals surface area contributed by atoms with Crippen LogP contribution in [0.15, 0.2) is 42.7 Å². The van der Waals surface area contributed by atoms with E-state index in [-0.39, 0.29) is 6.10 Å². The molecule has 0 aliphatic heterocycles. The first kappa shape index (κ1) is 11.5. The lowest BCUT2D eigenvalue weighted by Crippen LogP contribution is -2.02. The zero-order valence-corrected chi connectivity index (χ0v) is 9.71. The van der Waals surface area contributed by atoms with Crippen molar-refractivity contribution in [3.63, 3.8) is 0 Å². The first-order chi connectivity index (χ1) is 8.25. The molecule has 1 unspecified atom stereocenters. The highest BCUT2D eigenvalue weighted by Gasteiger charge is 2.05. The summed E-state index contributed by atoms with van der Waals surface area (Å²) in [5.74, 6) is 0.421. The molecule has 4 nitrogen and oxygen atoms in total. The molecule has 2 aromatic rings. The van der Waals surface area contributed by atoms with Crippen molar-refractivity contribution in [1.29, 1.82) is 0 Å². The number of hydrogen-bond acceptors (Lipinski definition) is 4. The minimum Gasteiger partial charge on any atom is -0.382 e. The maximum absolute atomic E-state index is 5.71. The Morgan fingerprint density at radius 1 is 1.18 bits per heavy atom. The quantitative estimate of drug-likeness (QED) is 0.874. The lowest BCUT2D eigenvalue weighted by molar-refractivity contribution is 0.0504. The Labute approximate surface area is 100 Å². The molecule has 0 saturated carbocycles. The number of benzene rings is 1. The molecule has 88 valence electrons. The van der Waals surface area contributed by atoms with Gasteiger partial charge in [-0.1, -0.05) is 30.3 Å². The molecule has 0 saturated heterocycles. The van der Waals surface area contributed by atoms with Gasteiger partial charge in [0, 0.05) is 0 Å². The number of nitrogens with two attached hydrogens (primary N) is 1. The van der Waals surface area contributed by atoms with Crippen molar-refractivity contribution < 1.29 is 4.74 Å². The van der Waals surface area contributed by atoms with E-state index >= 15 is 0 Å². The smallest absolute Gasteiger partial charge is 0.141 e. The van der Waals surface area contributed by atoms with Gasteiger partial charge in [-0.2, -0.15) is 0 Å². The van der Waals surface area contributed by atoms with Gasteiger partial charge in [-0.05, 0) is 12.5 Å². The Morgan fingerprint density at radius 3 is 2.59 bits per heavy atom. The van der Waals surface area contributed by atoms with Gasteiger partial charge >= 0.3 is 0 Å². The standard InChI is InChI=1S/C13H15N3O/c1-10(11-5-3-2-4-6-11)17-9-12-7-16-13(14)8-15-12/h2-8,10H,9H2,1H3,(H2,14,16). The summed E-state index contributed by atoms with van der Waals surface area (Å²) < 4.78 is 5.71.